The molecule has 0 bridgehead atoms. The van der Waals surface area contributed by atoms with Crippen LogP contribution in [0, 0.1) is 23.7 Å². The van der Waals surface area contributed by atoms with Gasteiger partial charge in [-0.25, -0.2) is 4.79 Å². The standard InChI is InChI=1S/C15H19N3O3S2/c1-6-21-12(19)10-8(2)9(7-16)11(23-10)17-14(22)18-13(20)15(3,4)5/h6H2,1-5H3,(H2,17,18,20,22). The van der Waals surface area contributed by atoms with Gasteiger partial charge < -0.3 is 15.4 Å². The van der Waals surface area contributed by atoms with E-state index >= 15 is 0 Å². The molecule has 0 aliphatic carbocycles. The summed E-state index contributed by atoms with van der Waals surface area (Å²) in [4.78, 5) is 24.1. The largest absolute Gasteiger partial charge is 0.462 e. The maximum Gasteiger partial charge on any atom is 0.348 e. The number of nitriles is 1. The molecule has 0 atom stereocenters. The van der Waals surface area contributed by atoms with Crippen LogP contribution in [0.25, 0.3) is 0 Å². The Balaban J connectivity index is 2.99. The summed E-state index contributed by atoms with van der Waals surface area (Å²) in [5, 5.41) is 15.1. The maximum atomic E-state index is 11.9. The summed E-state index contributed by atoms with van der Waals surface area (Å²) >= 11 is 6.17. The molecule has 23 heavy (non-hydrogen) atoms. The van der Waals surface area contributed by atoms with Crippen LogP contribution in [0.2, 0.25) is 0 Å². The van der Waals surface area contributed by atoms with E-state index in [0.717, 1.165) is 11.3 Å². The van der Waals surface area contributed by atoms with E-state index in [9.17, 15) is 14.9 Å². The average molecular weight is 353 g/mol. The number of carbonyl (C=O) groups is 2. The topological polar surface area (TPSA) is 91.2 Å². The van der Waals surface area contributed by atoms with Crippen molar-refractivity contribution in [2.45, 2.75) is 34.6 Å². The Morgan fingerprint density at radius 3 is 2.48 bits per heavy atom. The molecule has 1 heterocycles. The molecule has 1 rings (SSSR count). The van der Waals surface area contributed by atoms with Crippen molar-refractivity contribution in [1.82, 2.24) is 5.32 Å². The first-order chi connectivity index (χ1) is 10.6. The van der Waals surface area contributed by atoms with Crippen molar-refractivity contribution >= 4 is 45.5 Å². The average Bonchev–Trinajstić information content (AvgIpc) is 2.73. The van der Waals surface area contributed by atoms with Gasteiger partial charge in [0.15, 0.2) is 5.11 Å². The highest BCUT2D eigenvalue weighted by atomic mass is 32.1. The Kier molecular flexibility index (Phi) is 6.24. The summed E-state index contributed by atoms with van der Waals surface area (Å²) in [5.41, 5.74) is 0.249. The van der Waals surface area contributed by atoms with Gasteiger partial charge in [0.1, 0.15) is 15.9 Å². The molecule has 0 saturated heterocycles. The number of thiophene rings is 1. The lowest BCUT2D eigenvalue weighted by molar-refractivity contribution is -0.126. The Hall–Kier alpha value is -1.98. The summed E-state index contributed by atoms with van der Waals surface area (Å²) in [6.45, 7) is 8.92. The number of hydrogen-bond acceptors (Lipinski definition) is 6. The molecule has 8 heteroatoms. The number of anilines is 1. The first-order valence-electron chi connectivity index (χ1n) is 6.94. The smallest absolute Gasteiger partial charge is 0.348 e. The minimum atomic E-state index is -0.592. The van der Waals surface area contributed by atoms with E-state index in [1.165, 1.54) is 0 Å². The van der Waals surface area contributed by atoms with Gasteiger partial charge in [-0.1, -0.05) is 20.8 Å². The number of nitrogens with one attached hydrogen (secondary N) is 2. The monoisotopic (exact) mass is 353 g/mol. The molecule has 0 saturated carbocycles. The molecular formula is C15H19N3O3S2. The highest BCUT2D eigenvalue weighted by molar-refractivity contribution is 7.80. The Morgan fingerprint density at radius 2 is 2.00 bits per heavy atom. The third kappa shape index (κ3) is 4.74. The van der Waals surface area contributed by atoms with Crippen molar-refractivity contribution in [3.63, 3.8) is 0 Å². The lowest BCUT2D eigenvalue weighted by atomic mass is 9.96. The molecule has 0 fully saturated rings. The zero-order chi connectivity index (χ0) is 17.8. The SMILES string of the molecule is CCOC(=O)c1sc(NC(=S)NC(=O)C(C)(C)C)c(C#N)c1C. The van der Waals surface area contributed by atoms with Crippen molar-refractivity contribution < 1.29 is 14.3 Å². The van der Waals surface area contributed by atoms with Crippen molar-refractivity contribution in [1.29, 1.82) is 5.26 Å². The molecular weight excluding hydrogens is 334 g/mol. The minimum absolute atomic E-state index is 0.0816. The molecule has 2 N–H and O–H groups in total. The van der Waals surface area contributed by atoms with Gasteiger partial charge in [0.05, 0.1) is 12.2 Å². The van der Waals surface area contributed by atoms with E-state index in [0.29, 0.717) is 21.0 Å². The van der Waals surface area contributed by atoms with Crippen molar-refractivity contribution in [3.8, 4) is 6.07 Å². The fourth-order valence-corrected chi connectivity index (χ4v) is 2.87. The minimum Gasteiger partial charge on any atom is -0.462 e. The van der Waals surface area contributed by atoms with E-state index < -0.39 is 11.4 Å². The number of thiocarbonyl (C=S) groups is 1. The van der Waals surface area contributed by atoms with E-state index in [1.807, 2.05) is 6.07 Å². The van der Waals surface area contributed by atoms with Crippen LogP contribution < -0.4 is 10.6 Å². The lowest BCUT2D eigenvalue weighted by Crippen LogP contribution is -2.41. The van der Waals surface area contributed by atoms with Crippen LogP contribution in [0.15, 0.2) is 0 Å². The van der Waals surface area contributed by atoms with Crippen LogP contribution in [0.5, 0.6) is 0 Å². The molecule has 0 aliphatic heterocycles. The summed E-state index contributed by atoms with van der Waals surface area (Å²) < 4.78 is 4.97. The van der Waals surface area contributed by atoms with E-state index in [2.05, 4.69) is 10.6 Å². The third-order valence-electron chi connectivity index (χ3n) is 2.85. The highest BCUT2D eigenvalue weighted by Crippen LogP contribution is 2.33. The van der Waals surface area contributed by atoms with Crippen molar-refractivity contribution in [2.75, 3.05) is 11.9 Å². The second-order valence-electron chi connectivity index (χ2n) is 5.75. The first-order valence-corrected chi connectivity index (χ1v) is 8.17. The van der Waals surface area contributed by atoms with E-state index in [1.54, 1.807) is 34.6 Å². The zero-order valence-corrected chi connectivity index (χ0v) is 15.3. The number of hydrogen-bond donors (Lipinski definition) is 2. The molecule has 1 aromatic rings. The number of nitrogens with zero attached hydrogens (tertiary/aromatic N) is 1. The molecule has 1 aromatic heterocycles. The van der Waals surface area contributed by atoms with Crippen LogP contribution in [-0.2, 0) is 9.53 Å². The van der Waals surface area contributed by atoms with E-state index in [-0.39, 0.29) is 17.6 Å². The summed E-state index contributed by atoms with van der Waals surface area (Å²) in [6, 6.07) is 2.04. The van der Waals surface area contributed by atoms with Crippen LogP contribution >= 0.6 is 23.6 Å². The van der Waals surface area contributed by atoms with Gasteiger partial charge in [0.2, 0.25) is 5.91 Å². The Labute approximate surface area is 144 Å². The van der Waals surface area contributed by atoms with Crippen LogP contribution in [0.1, 0.15) is 48.5 Å². The fraction of sp³-hybridized carbons (Fsp3) is 0.467. The summed E-state index contributed by atoms with van der Waals surface area (Å²) in [7, 11) is 0. The normalized spacial score (nSPS) is 10.6. The van der Waals surface area contributed by atoms with Crippen LogP contribution in [0.4, 0.5) is 5.00 Å². The van der Waals surface area contributed by atoms with Gasteiger partial charge in [-0.2, -0.15) is 5.26 Å². The van der Waals surface area contributed by atoms with E-state index in [4.69, 9.17) is 17.0 Å². The Morgan fingerprint density at radius 1 is 1.39 bits per heavy atom. The third-order valence-corrected chi connectivity index (χ3v) is 4.25. The quantitative estimate of drug-likeness (QED) is 0.641. The van der Waals surface area contributed by atoms with Gasteiger partial charge in [-0.3, -0.25) is 4.79 Å². The predicted octanol–water partition coefficient (Wildman–Crippen LogP) is 2.96. The van der Waals surface area contributed by atoms with Gasteiger partial charge in [-0.15, -0.1) is 11.3 Å². The fourth-order valence-electron chi connectivity index (χ4n) is 1.55. The molecule has 0 unspecified atom stereocenters. The van der Waals surface area contributed by atoms with Crippen LogP contribution in [-0.4, -0.2) is 23.6 Å². The predicted molar refractivity (Wildman–Crippen MR) is 93.5 cm³/mol. The van der Waals surface area contributed by atoms with Crippen molar-refractivity contribution in [3.05, 3.63) is 16.0 Å². The maximum absolute atomic E-state index is 11.9. The molecule has 1 amide bonds. The van der Waals surface area contributed by atoms with Crippen LogP contribution in [0.3, 0.4) is 0 Å². The molecule has 124 valence electrons. The van der Waals surface area contributed by atoms with Gasteiger partial charge >= 0.3 is 5.97 Å². The van der Waals surface area contributed by atoms with Crippen molar-refractivity contribution in [2.24, 2.45) is 5.41 Å². The lowest BCUT2D eigenvalue weighted by Gasteiger charge is -2.18. The Bertz CT molecular complexity index is 681. The summed E-state index contributed by atoms with van der Waals surface area (Å²) in [6.07, 6.45) is 0. The molecule has 0 aliphatic rings. The molecule has 0 radical (unpaired) electrons. The second kappa shape index (κ2) is 7.53. The zero-order valence-electron chi connectivity index (χ0n) is 13.7. The number of carbonyl (C=O) groups excluding carboxylic acids is 2. The number of ether oxygens (including phenoxy) is 1. The number of rotatable bonds is 3. The number of esters is 1. The molecule has 0 aromatic carbocycles. The van der Waals surface area contributed by atoms with Gasteiger partial charge in [-0.05, 0) is 31.6 Å². The number of amides is 1. The second-order valence-corrected chi connectivity index (χ2v) is 7.18. The molecule has 0 spiro atoms. The van der Waals surface area contributed by atoms with Gasteiger partial charge in [0.25, 0.3) is 0 Å². The highest BCUT2D eigenvalue weighted by Gasteiger charge is 2.24. The molecule has 6 nitrogen and oxygen atoms in total. The van der Waals surface area contributed by atoms with Gasteiger partial charge in [0, 0.05) is 5.41 Å². The summed E-state index contributed by atoms with van der Waals surface area (Å²) in [5.74, 6) is -0.725. The first kappa shape index (κ1) is 19.1.